The van der Waals surface area contributed by atoms with Gasteiger partial charge in [0.1, 0.15) is 6.04 Å². The molecule has 0 aromatic rings. The summed E-state index contributed by atoms with van der Waals surface area (Å²) >= 11 is 0. The van der Waals surface area contributed by atoms with Gasteiger partial charge in [-0.15, -0.1) is 0 Å². The topological polar surface area (TPSA) is 90.9 Å². The third kappa shape index (κ3) is 7.43. The third-order valence-corrected chi connectivity index (χ3v) is 4.06. The fraction of sp³-hybridized carbons (Fsp3) is 0.667. The van der Waals surface area contributed by atoms with E-state index in [9.17, 15) is 14.2 Å². The molecule has 0 aromatic carbocycles. The summed E-state index contributed by atoms with van der Waals surface area (Å²) in [7, 11) is -3.20. The smallest absolute Gasteiger partial charge is 0.334 e. The summed E-state index contributed by atoms with van der Waals surface area (Å²) in [6.45, 7) is 5.82. The number of carbonyl (C=O) groups is 2. The van der Waals surface area contributed by atoms with Crippen molar-refractivity contribution in [3.63, 3.8) is 0 Å². The van der Waals surface area contributed by atoms with Crippen LogP contribution in [-0.4, -0.2) is 44.4 Å². The molecule has 1 unspecified atom stereocenters. The number of nitrogens with one attached hydrogen (secondary N) is 1. The van der Waals surface area contributed by atoms with Gasteiger partial charge in [-0.1, -0.05) is 12.2 Å². The molecule has 0 aliphatic carbocycles. The summed E-state index contributed by atoms with van der Waals surface area (Å²) in [4.78, 5) is 21.9. The SMILES string of the molecule is CCOC(=O)C(/C=C/CP(=O)(OCC)OCC)NC=O. The van der Waals surface area contributed by atoms with E-state index in [1.165, 1.54) is 12.2 Å². The van der Waals surface area contributed by atoms with Crippen LogP contribution in [0.15, 0.2) is 12.2 Å². The fourth-order valence-electron chi connectivity index (χ4n) is 1.37. The van der Waals surface area contributed by atoms with Gasteiger partial charge in [0, 0.05) is 0 Å². The Balaban J connectivity index is 4.65. The van der Waals surface area contributed by atoms with E-state index < -0.39 is 19.6 Å². The lowest BCUT2D eigenvalue weighted by atomic mass is 10.3. The van der Waals surface area contributed by atoms with Gasteiger partial charge in [0.25, 0.3) is 0 Å². The molecule has 0 spiro atoms. The summed E-state index contributed by atoms with van der Waals surface area (Å²) in [5.74, 6) is -0.585. The molecule has 0 bridgehead atoms. The third-order valence-electron chi connectivity index (χ3n) is 2.10. The lowest BCUT2D eigenvalue weighted by molar-refractivity contribution is -0.145. The van der Waals surface area contributed by atoms with E-state index in [-0.39, 0.29) is 26.0 Å². The molecule has 0 rings (SSSR count). The van der Waals surface area contributed by atoms with Crippen LogP contribution in [0, 0.1) is 0 Å². The summed E-state index contributed by atoms with van der Waals surface area (Å²) in [6, 6.07) is -0.913. The first-order chi connectivity index (χ1) is 9.52. The number of rotatable bonds is 11. The second kappa shape index (κ2) is 10.6. The minimum Gasteiger partial charge on any atom is -0.464 e. The molecule has 1 N–H and O–H groups in total. The highest BCUT2D eigenvalue weighted by Crippen LogP contribution is 2.47. The van der Waals surface area contributed by atoms with Crippen molar-refractivity contribution < 1.29 is 27.9 Å². The molecule has 0 heterocycles. The van der Waals surface area contributed by atoms with Crippen LogP contribution in [0.5, 0.6) is 0 Å². The first-order valence-corrected chi connectivity index (χ1v) is 8.16. The number of carbonyl (C=O) groups excluding carboxylic acids is 2. The van der Waals surface area contributed by atoms with E-state index in [1.54, 1.807) is 20.8 Å². The maximum atomic E-state index is 12.1. The quantitative estimate of drug-likeness (QED) is 0.269. The van der Waals surface area contributed by atoms with Gasteiger partial charge in [-0.3, -0.25) is 9.36 Å². The molecule has 0 aliphatic rings. The summed E-state index contributed by atoms with van der Waals surface area (Å²) < 4.78 is 27.1. The molecule has 1 amide bonds. The van der Waals surface area contributed by atoms with Crippen molar-refractivity contribution >= 4 is 20.0 Å². The number of amides is 1. The van der Waals surface area contributed by atoms with Gasteiger partial charge < -0.3 is 19.1 Å². The maximum Gasteiger partial charge on any atom is 0.334 e. The van der Waals surface area contributed by atoms with E-state index in [1.807, 2.05) is 0 Å². The highest BCUT2D eigenvalue weighted by atomic mass is 31.2. The molecule has 0 saturated carbocycles. The standard InChI is InChI=1S/C12H22NO6P/c1-4-17-12(15)11(13-10-14)8-7-9-20(16,18-5-2)19-6-3/h7-8,10-11H,4-6,9H2,1-3H3,(H,13,14)/b8-7+. The van der Waals surface area contributed by atoms with Gasteiger partial charge in [-0.05, 0) is 20.8 Å². The molecule has 7 nitrogen and oxygen atoms in total. The fourth-order valence-corrected chi connectivity index (χ4v) is 2.82. The van der Waals surface area contributed by atoms with Crippen LogP contribution in [0.4, 0.5) is 0 Å². The van der Waals surface area contributed by atoms with E-state index in [2.05, 4.69) is 5.32 Å². The molecule has 116 valence electrons. The number of hydrogen-bond acceptors (Lipinski definition) is 6. The first kappa shape index (κ1) is 18.8. The summed E-state index contributed by atoms with van der Waals surface area (Å²) in [5.41, 5.74) is 0. The molecule has 0 fully saturated rings. The Bertz CT molecular complexity index is 361. The minimum atomic E-state index is -3.20. The predicted molar refractivity (Wildman–Crippen MR) is 74.5 cm³/mol. The Kier molecular flexibility index (Phi) is 9.98. The zero-order valence-corrected chi connectivity index (χ0v) is 12.9. The molecular formula is C12H22NO6P. The molecular weight excluding hydrogens is 285 g/mol. The van der Waals surface area contributed by atoms with Crippen LogP contribution < -0.4 is 5.32 Å². The number of allylic oxidation sites excluding steroid dienone is 1. The summed E-state index contributed by atoms with van der Waals surface area (Å²) in [6.07, 6.45) is 3.29. The van der Waals surface area contributed by atoms with Crippen LogP contribution >= 0.6 is 7.60 Å². The van der Waals surface area contributed by atoms with Crippen molar-refractivity contribution in [2.24, 2.45) is 0 Å². The number of ether oxygens (including phenoxy) is 1. The largest absolute Gasteiger partial charge is 0.464 e. The Morgan fingerprint density at radius 3 is 2.25 bits per heavy atom. The molecule has 0 aliphatic heterocycles. The highest BCUT2D eigenvalue weighted by Gasteiger charge is 2.22. The van der Waals surface area contributed by atoms with E-state index in [0.29, 0.717) is 6.41 Å². The Hall–Kier alpha value is -1.17. The average molecular weight is 307 g/mol. The predicted octanol–water partition coefficient (Wildman–Crippen LogP) is 1.49. The van der Waals surface area contributed by atoms with Crippen molar-refractivity contribution in [2.45, 2.75) is 26.8 Å². The highest BCUT2D eigenvalue weighted by molar-refractivity contribution is 7.54. The molecule has 20 heavy (non-hydrogen) atoms. The van der Waals surface area contributed by atoms with Gasteiger partial charge in [0.05, 0.1) is 26.0 Å². The van der Waals surface area contributed by atoms with Crippen molar-refractivity contribution in [2.75, 3.05) is 26.0 Å². The van der Waals surface area contributed by atoms with E-state index >= 15 is 0 Å². The van der Waals surface area contributed by atoms with Crippen molar-refractivity contribution in [1.82, 2.24) is 5.32 Å². The van der Waals surface area contributed by atoms with Crippen LogP contribution in [-0.2, 0) is 27.9 Å². The Morgan fingerprint density at radius 1 is 1.20 bits per heavy atom. The van der Waals surface area contributed by atoms with Gasteiger partial charge in [-0.25, -0.2) is 4.79 Å². The van der Waals surface area contributed by atoms with Crippen molar-refractivity contribution in [1.29, 1.82) is 0 Å². The van der Waals surface area contributed by atoms with Gasteiger partial charge >= 0.3 is 13.6 Å². The van der Waals surface area contributed by atoms with Crippen molar-refractivity contribution in [3.8, 4) is 0 Å². The van der Waals surface area contributed by atoms with Crippen molar-refractivity contribution in [3.05, 3.63) is 12.2 Å². The number of hydrogen-bond donors (Lipinski definition) is 1. The molecule has 0 aromatic heterocycles. The van der Waals surface area contributed by atoms with Gasteiger partial charge in [0.15, 0.2) is 0 Å². The normalized spacial score (nSPS) is 13.2. The average Bonchev–Trinajstić information content (AvgIpc) is 2.38. The Labute approximate surface area is 119 Å². The molecule has 8 heteroatoms. The zero-order valence-electron chi connectivity index (χ0n) is 12.0. The van der Waals surface area contributed by atoms with Crippen LogP contribution in [0.25, 0.3) is 0 Å². The molecule has 0 saturated heterocycles. The van der Waals surface area contributed by atoms with Gasteiger partial charge in [-0.2, -0.15) is 0 Å². The lowest BCUT2D eigenvalue weighted by Gasteiger charge is -2.15. The van der Waals surface area contributed by atoms with Gasteiger partial charge in [0.2, 0.25) is 6.41 Å². The van der Waals surface area contributed by atoms with E-state index in [0.717, 1.165) is 0 Å². The lowest BCUT2D eigenvalue weighted by Crippen LogP contribution is -2.35. The van der Waals surface area contributed by atoms with Crippen LogP contribution in [0.3, 0.4) is 0 Å². The maximum absolute atomic E-state index is 12.1. The second-order valence-corrected chi connectivity index (χ2v) is 5.67. The molecule has 0 radical (unpaired) electrons. The number of esters is 1. The van der Waals surface area contributed by atoms with E-state index in [4.69, 9.17) is 13.8 Å². The monoisotopic (exact) mass is 307 g/mol. The second-order valence-electron chi connectivity index (χ2n) is 3.57. The Morgan fingerprint density at radius 2 is 1.80 bits per heavy atom. The molecule has 1 atom stereocenters. The van der Waals surface area contributed by atoms with Crippen LogP contribution in [0.2, 0.25) is 0 Å². The zero-order chi connectivity index (χ0) is 15.4. The summed E-state index contributed by atoms with van der Waals surface area (Å²) in [5, 5.41) is 2.30. The minimum absolute atomic E-state index is 0.0190. The van der Waals surface area contributed by atoms with Crippen LogP contribution in [0.1, 0.15) is 20.8 Å². The first-order valence-electron chi connectivity index (χ1n) is 6.44.